The predicted octanol–water partition coefficient (Wildman–Crippen LogP) is 3.51. The van der Waals surface area contributed by atoms with E-state index in [-0.39, 0.29) is 17.5 Å². The van der Waals surface area contributed by atoms with Crippen LogP contribution in [0.3, 0.4) is 0 Å². The molecule has 1 aromatic carbocycles. The van der Waals surface area contributed by atoms with Gasteiger partial charge >= 0.3 is 5.69 Å². The van der Waals surface area contributed by atoms with Gasteiger partial charge in [0.25, 0.3) is 0 Å². The Kier molecular flexibility index (Phi) is 6.28. The van der Waals surface area contributed by atoms with Crippen molar-refractivity contribution >= 4 is 16.9 Å². The summed E-state index contributed by atoms with van der Waals surface area (Å²) in [6, 6.07) is 5.48. The van der Waals surface area contributed by atoms with E-state index < -0.39 is 0 Å². The van der Waals surface area contributed by atoms with Crippen LogP contribution >= 0.6 is 0 Å². The molecule has 3 rings (SSSR count). The van der Waals surface area contributed by atoms with Gasteiger partial charge in [0.2, 0.25) is 5.91 Å². The second-order valence-corrected chi connectivity index (χ2v) is 8.41. The maximum absolute atomic E-state index is 13.6. The van der Waals surface area contributed by atoms with Crippen LogP contribution < -0.4 is 16.2 Å². The van der Waals surface area contributed by atoms with Crippen molar-refractivity contribution in [1.82, 2.24) is 9.13 Å². The largest absolute Gasteiger partial charge is 0.494 e. The van der Waals surface area contributed by atoms with E-state index in [1.807, 2.05) is 25.1 Å². The Labute approximate surface area is 166 Å². The van der Waals surface area contributed by atoms with Crippen molar-refractivity contribution in [2.24, 2.45) is 29.4 Å². The van der Waals surface area contributed by atoms with E-state index in [2.05, 4.69) is 20.8 Å². The molecule has 1 heterocycles. The molecule has 1 aliphatic rings. The lowest BCUT2D eigenvalue weighted by Crippen LogP contribution is -2.40. The number of rotatable bonds is 6. The monoisotopic (exact) mass is 387 g/mol. The summed E-state index contributed by atoms with van der Waals surface area (Å²) in [6.45, 7) is 9.72. The standard InChI is InChI=1S/C22H33N3O3/c1-5-28-16-7-9-19-20(13-16)24(11-10-23)22(27)25(19)21(26)18-12-15(4)6-8-17(18)14(2)3/h7,9,13-15,17-18H,5-6,8,10-12,23H2,1-4H3/t15?,17-,18?/m0/s1. The number of carbonyl (C=O) groups is 1. The van der Waals surface area contributed by atoms with Crippen molar-refractivity contribution in [2.75, 3.05) is 13.2 Å². The van der Waals surface area contributed by atoms with Gasteiger partial charge in [0.05, 0.1) is 17.6 Å². The quantitative estimate of drug-likeness (QED) is 0.823. The van der Waals surface area contributed by atoms with E-state index in [9.17, 15) is 9.59 Å². The number of hydrogen-bond donors (Lipinski definition) is 1. The number of aromatic nitrogens is 2. The van der Waals surface area contributed by atoms with Gasteiger partial charge in [-0.25, -0.2) is 9.36 Å². The molecule has 2 N–H and O–H groups in total. The second-order valence-electron chi connectivity index (χ2n) is 8.41. The zero-order valence-electron chi connectivity index (χ0n) is 17.5. The second kappa shape index (κ2) is 8.52. The van der Waals surface area contributed by atoms with E-state index in [1.165, 1.54) is 4.57 Å². The summed E-state index contributed by atoms with van der Waals surface area (Å²) in [5.41, 5.74) is 6.80. The van der Waals surface area contributed by atoms with Gasteiger partial charge in [0, 0.05) is 25.1 Å². The van der Waals surface area contributed by atoms with Gasteiger partial charge in [0.1, 0.15) is 5.75 Å². The molecule has 2 aromatic rings. The van der Waals surface area contributed by atoms with E-state index >= 15 is 0 Å². The van der Waals surface area contributed by atoms with Gasteiger partial charge in [-0.05, 0) is 49.7 Å². The van der Waals surface area contributed by atoms with Gasteiger partial charge in [-0.1, -0.05) is 27.2 Å². The molecule has 0 aliphatic heterocycles. The topological polar surface area (TPSA) is 79.2 Å². The lowest BCUT2D eigenvalue weighted by molar-refractivity contribution is 0.0633. The van der Waals surface area contributed by atoms with Crippen LogP contribution in [0, 0.1) is 23.7 Å². The Balaban J connectivity index is 2.12. The Hall–Kier alpha value is -2.08. The number of ether oxygens (including phenoxy) is 1. The molecular weight excluding hydrogens is 354 g/mol. The SMILES string of the molecule is CCOc1ccc2c(c1)n(CCN)c(=O)n2C(=O)C1CC(C)CC[C@H]1C(C)C. The summed E-state index contributed by atoms with van der Waals surface area (Å²) >= 11 is 0. The maximum atomic E-state index is 13.6. The average molecular weight is 388 g/mol. The van der Waals surface area contributed by atoms with Crippen molar-refractivity contribution in [3.8, 4) is 5.75 Å². The molecule has 28 heavy (non-hydrogen) atoms. The molecule has 154 valence electrons. The fourth-order valence-corrected chi connectivity index (χ4v) is 4.70. The number of nitrogens with zero attached hydrogens (tertiary/aromatic N) is 2. The zero-order valence-corrected chi connectivity index (χ0v) is 17.5. The molecule has 1 saturated carbocycles. The summed E-state index contributed by atoms with van der Waals surface area (Å²) in [7, 11) is 0. The Morgan fingerprint density at radius 1 is 1.29 bits per heavy atom. The fourth-order valence-electron chi connectivity index (χ4n) is 4.70. The van der Waals surface area contributed by atoms with Crippen molar-refractivity contribution in [3.05, 3.63) is 28.7 Å². The highest BCUT2D eigenvalue weighted by Gasteiger charge is 2.37. The Morgan fingerprint density at radius 3 is 2.68 bits per heavy atom. The molecule has 6 nitrogen and oxygen atoms in total. The normalized spacial score (nSPS) is 22.7. The number of nitrogens with two attached hydrogens (primary N) is 1. The molecule has 0 spiro atoms. The van der Waals surface area contributed by atoms with Gasteiger partial charge in [0.15, 0.2) is 0 Å². The number of imidazole rings is 1. The molecule has 6 heteroatoms. The van der Waals surface area contributed by atoms with E-state index in [0.29, 0.717) is 54.2 Å². The van der Waals surface area contributed by atoms with Crippen molar-refractivity contribution < 1.29 is 9.53 Å². The third kappa shape index (κ3) is 3.75. The van der Waals surface area contributed by atoms with Crippen LogP contribution in [0.1, 0.15) is 51.8 Å². The van der Waals surface area contributed by atoms with Gasteiger partial charge in [-0.15, -0.1) is 0 Å². The van der Waals surface area contributed by atoms with Crippen molar-refractivity contribution in [1.29, 1.82) is 0 Å². The zero-order chi connectivity index (χ0) is 20.4. The molecule has 0 bridgehead atoms. The molecule has 3 atom stereocenters. The van der Waals surface area contributed by atoms with Gasteiger partial charge < -0.3 is 10.5 Å². The number of carbonyl (C=O) groups excluding carboxylic acids is 1. The highest BCUT2D eigenvalue weighted by molar-refractivity contribution is 5.92. The Morgan fingerprint density at radius 2 is 2.04 bits per heavy atom. The third-order valence-corrected chi connectivity index (χ3v) is 6.12. The van der Waals surface area contributed by atoms with E-state index in [0.717, 1.165) is 19.3 Å². The fraction of sp³-hybridized carbons (Fsp3) is 0.636. The lowest BCUT2D eigenvalue weighted by atomic mass is 9.69. The number of fused-ring (bicyclic) bond motifs is 1. The van der Waals surface area contributed by atoms with Gasteiger partial charge in [-0.3, -0.25) is 9.36 Å². The summed E-state index contributed by atoms with van der Waals surface area (Å²) < 4.78 is 8.59. The van der Waals surface area contributed by atoms with Crippen molar-refractivity contribution in [2.45, 2.75) is 53.5 Å². The van der Waals surface area contributed by atoms with E-state index in [4.69, 9.17) is 10.5 Å². The van der Waals surface area contributed by atoms with Crippen LogP contribution in [0.5, 0.6) is 5.75 Å². The number of hydrogen-bond acceptors (Lipinski definition) is 4. The van der Waals surface area contributed by atoms with Crippen LogP contribution in [0.25, 0.3) is 11.0 Å². The smallest absolute Gasteiger partial charge is 0.336 e. The molecule has 1 fully saturated rings. The molecule has 1 aromatic heterocycles. The molecule has 0 radical (unpaired) electrons. The molecule has 0 amide bonds. The van der Waals surface area contributed by atoms with Crippen LogP contribution in [-0.4, -0.2) is 28.2 Å². The maximum Gasteiger partial charge on any atom is 0.336 e. The lowest BCUT2D eigenvalue weighted by Gasteiger charge is -2.36. The predicted molar refractivity (Wildman–Crippen MR) is 112 cm³/mol. The minimum Gasteiger partial charge on any atom is -0.494 e. The summed E-state index contributed by atoms with van der Waals surface area (Å²) in [5, 5.41) is 0. The molecular formula is C22H33N3O3. The summed E-state index contributed by atoms with van der Waals surface area (Å²) in [4.78, 5) is 26.8. The molecule has 1 aliphatic carbocycles. The van der Waals surface area contributed by atoms with Crippen LogP contribution in [0.15, 0.2) is 23.0 Å². The molecule has 2 unspecified atom stereocenters. The average Bonchev–Trinajstić information content (AvgIpc) is 2.93. The molecule has 0 saturated heterocycles. The minimum absolute atomic E-state index is 0.0693. The third-order valence-electron chi connectivity index (χ3n) is 6.12. The first kappa shape index (κ1) is 20.6. The van der Waals surface area contributed by atoms with Gasteiger partial charge in [-0.2, -0.15) is 0 Å². The Bertz CT molecular complexity index is 896. The van der Waals surface area contributed by atoms with Crippen LogP contribution in [-0.2, 0) is 6.54 Å². The minimum atomic E-state index is -0.292. The first-order valence-corrected chi connectivity index (χ1v) is 10.5. The highest BCUT2D eigenvalue weighted by atomic mass is 16.5. The van der Waals surface area contributed by atoms with E-state index in [1.54, 1.807) is 4.57 Å². The highest BCUT2D eigenvalue weighted by Crippen LogP contribution is 2.39. The number of benzene rings is 1. The van der Waals surface area contributed by atoms with Crippen molar-refractivity contribution in [3.63, 3.8) is 0 Å². The van der Waals surface area contributed by atoms with Crippen LogP contribution in [0.2, 0.25) is 0 Å². The first-order chi connectivity index (χ1) is 13.4. The van der Waals surface area contributed by atoms with Crippen LogP contribution in [0.4, 0.5) is 0 Å². The first-order valence-electron chi connectivity index (χ1n) is 10.5. The summed E-state index contributed by atoms with van der Waals surface area (Å²) in [6.07, 6.45) is 3.03. The summed E-state index contributed by atoms with van der Waals surface area (Å²) in [5.74, 6) is 1.73.